The van der Waals surface area contributed by atoms with Crippen molar-refractivity contribution in [3.8, 4) is 11.4 Å². The predicted molar refractivity (Wildman–Crippen MR) is 62.4 cm³/mol. The maximum atomic E-state index is 10.9. The highest BCUT2D eigenvalue weighted by molar-refractivity contribution is 5.88. The SMILES string of the molecule is Cc1[nH]c(-c2ccccc2[N+](=O)[O-])nc1C(=O)O. The van der Waals surface area contributed by atoms with E-state index in [1.165, 1.54) is 18.2 Å². The van der Waals surface area contributed by atoms with Crippen molar-refractivity contribution in [3.05, 3.63) is 45.8 Å². The van der Waals surface area contributed by atoms with E-state index in [-0.39, 0.29) is 22.8 Å². The maximum absolute atomic E-state index is 10.9. The number of para-hydroxylation sites is 1. The predicted octanol–water partition coefficient (Wildman–Crippen LogP) is 1.99. The summed E-state index contributed by atoms with van der Waals surface area (Å²) >= 11 is 0. The van der Waals surface area contributed by atoms with Crippen molar-refractivity contribution < 1.29 is 14.8 Å². The van der Waals surface area contributed by atoms with Gasteiger partial charge >= 0.3 is 5.97 Å². The van der Waals surface area contributed by atoms with Gasteiger partial charge in [-0.05, 0) is 13.0 Å². The van der Waals surface area contributed by atoms with E-state index in [1.54, 1.807) is 13.0 Å². The number of carbonyl (C=O) groups is 1. The molecule has 0 saturated heterocycles. The Morgan fingerprint density at radius 2 is 2.11 bits per heavy atom. The number of nitrogens with zero attached hydrogens (tertiary/aromatic N) is 2. The normalized spacial score (nSPS) is 10.3. The third-order valence-electron chi connectivity index (χ3n) is 2.44. The Kier molecular flexibility index (Phi) is 2.80. The zero-order valence-corrected chi connectivity index (χ0v) is 9.38. The molecule has 1 aromatic heterocycles. The molecule has 0 atom stereocenters. The van der Waals surface area contributed by atoms with E-state index in [4.69, 9.17) is 5.11 Å². The lowest BCUT2D eigenvalue weighted by molar-refractivity contribution is -0.384. The van der Waals surface area contributed by atoms with Crippen LogP contribution in [0.15, 0.2) is 24.3 Å². The number of hydrogen-bond acceptors (Lipinski definition) is 4. The van der Waals surface area contributed by atoms with Crippen molar-refractivity contribution >= 4 is 11.7 Å². The Morgan fingerprint density at radius 3 is 2.67 bits per heavy atom. The number of carboxylic acid groups (broad SMARTS) is 1. The zero-order valence-electron chi connectivity index (χ0n) is 9.38. The molecule has 7 nitrogen and oxygen atoms in total. The summed E-state index contributed by atoms with van der Waals surface area (Å²) in [7, 11) is 0. The monoisotopic (exact) mass is 247 g/mol. The molecular formula is C11H9N3O4. The molecule has 7 heteroatoms. The molecule has 2 rings (SSSR count). The van der Waals surface area contributed by atoms with Crippen molar-refractivity contribution in [3.63, 3.8) is 0 Å². The Bertz CT molecular complexity index is 633. The van der Waals surface area contributed by atoms with Crippen LogP contribution in [0.25, 0.3) is 11.4 Å². The van der Waals surface area contributed by atoms with Crippen LogP contribution in [0.2, 0.25) is 0 Å². The van der Waals surface area contributed by atoms with Crippen LogP contribution >= 0.6 is 0 Å². The highest BCUT2D eigenvalue weighted by Crippen LogP contribution is 2.27. The number of nitro benzene ring substituents is 1. The van der Waals surface area contributed by atoms with Crippen molar-refractivity contribution in [1.29, 1.82) is 0 Å². The highest BCUT2D eigenvalue weighted by Gasteiger charge is 2.20. The van der Waals surface area contributed by atoms with Gasteiger partial charge in [0.2, 0.25) is 0 Å². The van der Waals surface area contributed by atoms with Gasteiger partial charge in [0, 0.05) is 11.8 Å². The van der Waals surface area contributed by atoms with Crippen LogP contribution in [0.4, 0.5) is 5.69 Å². The molecule has 0 bridgehead atoms. The van der Waals surface area contributed by atoms with E-state index in [0.29, 0.717) is 5.69 Å². The van der Waals surface area contributed by atoms with Gasteiger partial charge in [0.15, 0.2) is 5.69 Å². The quantitative estimate of drug-likeness (QED) is 0.636. The number of aryl methyl sites for hydroxylation is 1. The number of aromatic amines is 1. The summed E-state index contributed by atoms with van der Waals surface area (Å²) in [6.07, 6.45) is 0. The van der Waals surface area contributed by atoms with Gasteiger partial charge in [0.05, 0.1) is 10.5 Å². The van der Waals surface area contributed by atoms with E-state index in [9.17, 15) is 14.9 Å². The fourth-order valence-corrected chi connectivity index (χ4v) is 1.63. The summed E-state index contributed by atoms with van der Waals surface area (Å²) < 4.78 is 0. The first-order chi connectivity index (χ1) is 8.50. The van der Waals surface area contributed by atoms with Crippen LogP contribution in [0, 0.1) is 17.0 Å². The van der Waals surface area contributed by atoms with Crippen molar-refractivity contribution in [2.24, 2.45) is 0 Å². The van der Waals surface area contributed by atoms with Gasteiger partial charge < -0.3 is 10.1 Å². The summed E-state index contributed by atoms with van der Waals surface area (Å²) in [4.78, 5) is 27.8. The van der Waals surface area contributed by atoms with Crippen LogP contribution in [0.5, 0.6) is 0 Å². The first kappa shape index (κ1) is 11.8. The minimum Gasteiger partial charge on any atom is -0.476 e. The molecule has 1 aromatic carbocycles. The van der Waals surface area contributed by atoms with Gasteiger partial charge in [0.25, 0.3) is 5.69 Å². The number of carboxylic acids is 1. The van der Waals surface area contributed by atoms with Gasteiger partial charge in [-0.25, -0.2) is 9.78 Å². The van der Waals surface area contributed by atoms with Crippen molar-refractivity contribution in [2.45, 2.75) is 6.92 Å². The van der Waals surface area contributed by atoms with Crippen LogP contribution in [-0.4, -0.2) is 26.0 Å². The number of imidazole rings is 1. The number of rotatable bonds is 3. The molecule has 0 saturated carbocycles. The van der Waals surface area contributed by atoms with E-state index < -0.39 is 10.9 Å². The van der Waals surface area contributed by atoms with Crippen molar-refractivity contribution in [1.82, 2.24) is 9.97 Å². The zero-order chi connectivity index (χ0) is 13.3. The van der Waals surface area contributed by atoms with Crippen LogP contribution in [-0.2, 0) is 0 Å². The van der Waals surface area contributed by atoms with Gasteiger partial charge in [-0.2, -0.15) is 0 Å². The molecule has 0 spiro atoms. The van der Waals surface area contributed by atoms with Gasteiger partial charge in [-0.15, -0.1) is 0 Å². The smallest absolute Gasteiger partial charge is 0.356 e. The second kappa shape index (κ2) is 4.28. The molecule has 92 valence electrons. The second-order valence-electron chi connectivity index (χ2n) is 3.64. The van der Waals surface area contributed by atoms with Crippen LogP contribution in [0.3, 0.4) is 0 Å². The minimum absolute atomic E-state index is 0.122. The first-order valence-electron chi connectivity index (χ1n) is 5.04. The van der Waals surface area contributed by atoms with E-state index in [1.807, 2.05) is 0 Å². The van der Waals surface area contributed by atoms with Crippen molar-refractivity contribution in [2.75, 3.05) is 0 Å². The number of hydrogen-bond donors (Lipinski definition) is 2. The summed E-state index contributed by atoms with van der Waals surface area (Å²) in [6.45, 7) is 1.55. The number of aromatic nitrogens is 2. The molecular weight excluding hydrogens is 238 g/mol. The lowest BCUT2D eigenvalue weighted by Crippen LogP contribution is -1.98. The molecule has 1 heterocycles. The summed E-state index contributed by atoms with van der Waals surface area (Å²) in [5.74, 6) is -0.995. The molecule has 0 aliphatic rings. The summed E-state index contributed by atoms with van der Waals surface area (Å²) in [5.41, 5.74) is 0.361. The van der Waals surface area contributed by atoms with E-state index >= 15 is 0 Å². The Hall–Kier alpha value is -2.70. The molecule has 0 radical (unpaired) electrons. The summed E-state index contributed by atoms with van der Waals surface area (Å²) in [5, 5.41) is 19.8. The molecule has 0 aliphatic carbocycles. The summed E-state index contributed by atoms with van der Waals surface area (Å²) in [6, 6.07) is 6.02. The molecule has 18 heavy (non-hydrogen) atoms. The standard InChI is InChI=1S/C11H9N3O4/c1-6-9(11(15)16)13-10(12-6)7-4-2-3-5-8(7)14(17)18/h2-5H,1H3,(H,12,13)(H,15,16). The lowest BCUT2D eigenvalue weighted by Gasteiger charge is -1.98. The first-order valence-corrected chi connectivity index (χ1v) is 5.04. The second-order valence-corrected chi connectivity index (χ2v) is 3.64. The molecule has 0 aliphatic heterocycles. The topological polar surface area (TPSA) is 109 Å². The van der Waals surface area contributed by atoms with Crippen LogP contribution < -0.4 is 0 Å². The Balaban J connectivity index is 2.59. The fourth-order valence-electron chi connectivity index (χ4n) is 1.63. The molecule has 0 fully saturated rings. The number of nitrogens with one attached hydrogen (secondary N) is 1. The third kappa shape index (κ3) is 1.93. The number of aromatic carboxylic acids is 1. The van der Waals surface area contributed by atoms with Gasteiger partial charge in [-0.3, -0.25) is 10.1 Å². The average Bonchev–Trinajstić information content (AvgIpc) is 2.71. The fraction of sp³-hybridized carbons (Fsp3) is 0.0909. The minimum atomic E-state index is -1.17. The third-order valence-corrected chi connectivity index (χ3v) is 2.44. The van der Waals surface area contributed by atoms with Crippen LogP contribution in [0.1, 0.15) is 16.2 Å². The molecule has 0 unspecified atom stereocenters. The number of H-pyrrole nitrogens is 1. The Morgan fingerprint density at radius 1 is 1.44 bits per heavy atom. The largest absolute Gasteiger partial charge is 0.476 e. The van der Waals surface area contributed by atoms with Gasteiger partial charge in [0.1, 0.15) is 5.82 Å². The Labute approximate surface area is 101 Å². The van der Waals surface area contributed by atoms with E-state index in [2.05, 4.69) is 9.97 Å². The molecule has 2 N–H and O–H groups in total. The molecule has 2 aromatic rings. The maximum Gasteiger partial charge on any atom is 0.356 e. The number of nitro groups is 1. The highest BCUT2D eigenvalue weighted by atomic mass is 16.6. The van der Waals surface area contributed by atoms with Gasteiger partial charge in [-0.1, -0.05) is 12.1 Å². The number of benzene rings is 1. The average molecular weight is 247 g/mol. The lowest BCUT2D eigenvalue weighted by atomic mass is 10.2. The molecule has 0 amide bonds. The van der Waals surface area contributed by atoms with E-state index in [0.717, 1.165) is 0 Å².